The molecule has 0 saturated heterocycles. The minimum Gasteiger partial charge on any atom is -0.369 e. The molecule has 1 rings (SSSR count). The summed E-state index contributed by atoms with van der Waals surface area (Å²) < 4.78 is 5.47. The first-order chi connectivity index (χ1) is 8.50. The van der Waals surface area contributed by atoms with Gasteiger partial charge in [-0.25, -0.2) is 0 Å². The zero-order valence-electron chi connectivity index (χ0n) is 11.1. The van der Waals surface area contributed by atoms with Gasteiger partial charge in [-0.05, 0) is 31.4 Å². The zero-order valence-corrected chi connectivity index (χ0v) is 11.8. The SMILES string of the molecule is CC(C)CCOC(C)C(=O)Nc1ccccc1Cl. The van der Waals surface area contributed by atoms with E-state index < -0.39 is 6.10 Å². The number of benzene rings is 1. The minimum absolute atomic E-state index is 0.174. The number of para-hydroxylation sites is 1. The van der Waals surface area contributed by atoms with Crippen molar-refractivity contribution in [1.29, 1.82) is 0 Å². The first-order valence-electron chi connectivity index (χ1n) is 6.17. The molecule has 1 amide bonds. The lowest BCUT2D eigenvalue weighted by Crippen LogP contribution is -2.28. The van der Waals surface area contributed by atoms with Crippen LogP contribution >= 0.6 is 11.6 Å². The van der Waals surface area contributed by atoms with Crippen molar-refractivity contribution in [3.63, 3.8) is 0 Å². The Morgan fingerprint density at radius 3 is 2.61 bits per heavy atom. The standard InChI is InChI=1S/C14H20ClNO2/c1-10(2)8-9-18-11(3)14(17)16-13-7-5-4-6-12(13)15/h4-7,10-11H,8-9H2,1-3H3,(H,16,17). The number of carbonyl (C=O) groups is 1. The van der Waals surface area contributed by atoms with Crippen molar-refractivity contribution < 1.29 is 9.53 Å². The molecule has 100 valence electrons. The fourth-order valence-electron chi connectivity index (χ4n) is 1.35. The molecule has 1 atom stereocenters. The van der Waals surface area contributed by atoms with Gasteiger partial charge >= 0.3 is 0 Å². The van der Waals surface area contributed by atoms with E-state index in [1.54, 1.807) is 19.1 Å². The molecule has 0 bridgehead atoms. The van der Waals surface area contributed by atoms with Gasteiger partial charge in [0, 0.05) is 6.61 Å². The van der Waals surface area contributed by atoms with Gasteiger partial charge < -0.3 is 10.1 Å². The second kappa shape index (κ2) is 7.39. The number of rotatable bonds is 6. The first kappa shape index (κ1) is 15.0. The molecule has 0 aliphatic heterocycles. The number of nitrogens with one attached hydrogen (secondary N) is 1. The van der Waals surface area contributed by atoms with E-state index >= 15 is 0 Å². The fraction of sp³-hybridized carbons (Fsp3) is 0.500. The number of anilines is 1. The third kappa shape index (κ3) is 5.07. The van der Waals surface area contributed by atoms with Crippen LogP contribution in [-0.4, -0.2) is 18.6 Å². The molecule has 1 aromatic rings. The van der Waals surface area contributed by atoms with Gasteiger partial charge in [-0.2, -0.15) is 0 Å². The maximum atomic E-state index is 11.8. The number of hydrogen-bond acceptors (Lipinski definition) is 2. The molecule has 4 heteroatoms. The summed E-state index contributed by atoms with van der Waals surface area (Å²) in [6.07, 6.45) is 0.476. The van der Waals surface area contributed by atoms with E-state index in [2.05, 4.69) is 19.2 Å². The summed E-state index contributed by atoms with van der Waals surface area (Å²) in [6.45, 7) is 6.58. The van der Waals surface area contributed by atoms with Crippen LogP contribution in [0.25, 0.3) is 0 Å². The van der Waals surface area contributed by atoms with Gasteiger partial charge in [0.1, 0.15) is 6.10 Å². The van der Waals surface area contributed by atoms with Gasteiger partial charge in [-0.15, -0.1) is 0 Å². The van der Waals surface area contributed by atoms with Gasteiger partial charge in [0.2, 0.25) is 0 Å². The monoisotopic (exact) mass is 269 g/mol. The van der Waals surface area contributed by atoms with E-state index in [0.717, 1.165) is 6.42 Å². The molecule has 0 spiro atoms. The lowest BCUT2D eigenvalue weighted by molar-refractivity contribution is -0.126. The lowest BCUT2D eigenvalue weighted by Gasteiger charge is -2.14. The van der Waals surface area contributed by atoms with Gasteiger partial charge in [0.25, 0.3) is 5.91 Å². The van der Waals surface area contributed by atoms with E-state index in [1.807, 2.05) is 12.1 Å². The summed E-state index contributed by atoms with van der Waals surface area (Å²) in [6, 6.07) is 7.15. The van der Waals surface area contributed by atoms with Crippen LogP contribution in [0.4, 0.5) is 5.69 Å². The van der Waals surface area contributed by atoms with Crippen LogP contribution < -0.4 is 5.32 Å². The summed E-state index contributed by atoms with van der Waals surface area (Å²) in [5.41, 5.74) is 0.614. The number of ether oxygens (including phenoxy) is 1. The molecule has 1 N–H and O–H groups in total. The van der Waals surface area contributed by atoms with Crippen LogP contribution in [0, 0.1) is 5.92 Å². The minimum atomic E-state index is -0.472. The van der Waals surface area contributed by atoms with Crippen LogP contribution in [0.3, 0.4) is 0 Å². The van der Waals surface area contributed by atoms with Crippen molar-refractivity contribution in [2.45, 2.75) is 33.3 Å². The third-order valence-corrected chi connectivity index (χ3v) is 2.89. The van der Waals surface area contributed by atoms with E-state index in [-0.39, 0.29) is 5.91 Å². The maximum Gasteiger partial charge on any atom is 0.253 e. The summed E-state index contributed by atoms with van der Waals surface area (Å²) in [5, 5.41) is 3.28. The van der Waals surface area contributed by atoms with Crippen LogP contribution in [0.15, 0.2) is 24.3 Å². The Morgan fingerprint density at radius 2 is 2.00 bits per heavy atom. The predicted octanol–water partition coefficient (Wildman–Crippen LogP) is 3.73. The highest BCUT2D eigenvalue weighted by Gasteiger charge is 2.14. The second-order valence-corrected chi connectivity index (χ2v) is 5.07. The molecule has 0 aromatic heterocycles. The number of halogens is 1. The number of hydrogen-bond donors (Lipinski definition) is 1. The fourth-order valence-corrected chi connectivity index (χ4v) is 1.54. The Hall–Kier alpha value is -1.06. The van der Waals surface area contributed by atoms with E-state index in [1.165, 1.54) is 0 Å². The average Bonchev–Trinajstić information content (AvgIpc) is 2.31. The van der Waals surface area contributed by atoms with Crippen LogP contribution in [0.2, 0.25) is 5.02 Å². The Bertz CT molecular complexity index is 393. The smallest absolute Gasteiger partial charge is 0.253 e. The summed E-state index contributed by atoms with van der Waals surface area (Å²) in [4.78, 5) is 11.8. The molecule has 0 radical (unpaired) electrons. The van der Waals surface area contributed by atoms with Crippen molar-refractivity contribution >= 4 is 23.2 Å². The zero-order chi connectivity index (χ0) is 13.5. The molecule has 18 heavy (non-hydrogen) atoms. The van der Waals surface area contributed by atoms with Crippen LogP contribution in [-0.2, 0) is 9.53 Å². The van der Waals surface area contributed by atoms with Gasteiger partial charge in [-0.1, -0.05) is 37.6 Å². The largest absolute Gasteiger partial charge is 0.369 e. The van der Waals surface area contributed by atoms with Crippen LogP contribution in [0.1, 0.15) is 27.2 Å². The highest BCUT2D eigenvalue weighted by Crippen LogP contribution is 2.20. The van der Waals surface area contributed by atoms with E-state index in [4.69, 9.17) is 16.3 Å². The molecule has 0 heterocycles. The summed E-state index contributed by atoms with van der Waals surface area (Å²) in [7, 11) is 0. The maximum absolute atomic E-state index is 11.8. The molecule has 1 unspecified atom stereocenters. The van der Waals surface area contributed by atoms with Crippen LogP contribution in [0.5, 0.6) is 0 Å². The average molecular weight is 270 g/mol. The molecule has 3 nitrogen and oxygen atoms in total. The second-order valence-electron chi connectivity index (χ2n) is 4.66. The molecule has 1 aromatic carbocycles. The third-order valence-electron chi connectivity index (χ3n) is 2.56. The predicted molar refractivity (Wildman–Crippen MR) is 75.0 cm³/mol. The van der Waals surface area contributed by atoms with Crippen molar-refractivity contribution in [2.24, 2.45) is 5.92 Å². The number of carbonyl (C=O) groups excluding carboxylic acids is 1. The van der Waals surface area contributed by atoms with Crippen molar-refractivity contribution in [3.05, 3.63) is 29.3 Å². The quantitative estimate of drug-likeness (QED) is 0.855. The van der Waals surface area contributed by atoms with E-state index in [0.29, 0.717) is 23.2 Å². The molecule has 0 fully saturated rings. The normalized spacial score (nSPS) is 12.5. The van der Waals surface area contributed by atoms with E-state index in [9.17, 15) is 4.79 Å². The highest BCUT2D eigenvalue weighted by atomic mass is 35.5. The van der Waals surface area contributed by atoms with Crippen molar-refractivity contribution in [3.8, 4) is 0 Å². The van der Waals surface area contributed by atoms with Crippen molar-refractivity contribution in [2.75, 3.05) is 11.9 Å². The molecular formula is C14H20ClNO2. The van der Waals surface area contributed by atoms with Gasteiger partial charge in [0.15, 0.2) is 0 Å². The first-order valence-corrected chi connectivity index (χ1v) is 6.55. The Labute approximate surface area is 113 Å². The lowest BCUT2D eigenvalue weighted by atomic mass is 10.1. The molecule has 0 aliphatic carbocycles. The topological polar surface area (TPSA) is 38.3 Å². The summed E-state index contributed by atoms with van der Waals surface area (Å²) in [5.74, 6) is 0.399. The molecular weight excluding hydrogens is 250 g/mol. The molecule has 0 saturated carbocycles. The highest BCUT2D eigenvalue weighted by molar-refractivity contribution is 6.33. The van der Waals surface area contributed by atoms with Crippen molar-refractivity contribution in [1.82, 2.24) is 0 Å². The Kier molecular flexibility index (Phi) is 6.16. The Morgan fingerprint density at radius 1 is 1.33 bits per heavy atom. The van der Waals surface area contributed by atoms with Gasteiger partial charge in [-0.3, -0.25) is 4.79 Å². The number of amides is 1. The summed E-state index contributed by atoms with van der Waals surface area (Å²) >= 11 is 5.96. The molecule has 0 aliphatic rings. The Balaban J connectivity index is 2.43. The van der Waals surface area contributed by atoms with Gasteiger partial charge in [0.05, 0.1) is 10.7 Å².